The van der Waals surface area contributed by atoms with Crippen molar-refractivity contribution in [2.24, 2.45) is 0 Å². The van der Waals surface area contributed by atoms with E-state index >= 15 is 0 Å². The smallest absolute Gasteiger partial charge is 0.309 e. The molecule has 0 saturated heterocycles. The summed E-state index contributed by atoms with van der Waals surface area (Å²) in [4.78, 5) is 11.8. The van der Waals surface area contributed by atoms with Gasteiger partial charge in [0.2, 0.25) is 0 Å². The maximum Gasteiger partial charge on any atom is 0.309 e. The highest BCUT2D eigenvalue weighted by molar-refractivity contribution is 7.74. The first-order valence-corrected chi connectivity index (χ1v) is 10.3. The first-order valence-electron chi connectivity index (χ1n) is 8.89. The molecule has 1 aliphatic rings. The predicted octanol–water partition coefficient (Wildman–Crippen LogP) is 4.49. The second-order valence-corrected chi connectivity index (χ2v) is 8.27. The van der Waals surface area contributed by atoms with Crippen molar-refractivity contribution in [3.63, 3.8) is 0 Å². The summed E-state index contributed by atoms with van der Waals surface area (Å²) in [5, 5.41) is 2.67. The SMILES string of the molecule is CCOC(=O)CC=C1C=CC=CC1P(c1ccccc1)c1ccccc1. The summed E-state index contributed by atoms with van der Waals surface area (Å²) in [6.45, 7) is 2.25. The zero-order chi connectivity index (χ0) is 18.2. The molecule has 2 aromatic rings. The lowest BCUT2D eigenvalue weighted by Crippen LogP contribution is -2.22. The van der Waals surface area contributed by atoms with Gasteiger partial charge in [-0.25, -0.2) is 0 Å². The average Bonchev–Trinajstić information content (AvgIpc) is 2.69. The number of carbonyl (C=O) groups is 1. The molecule has 0 N–H and O–H groups in total. The number of hydrogen-bond acceptors (Lipinski definition) is 2. The maximum atomic E-state index is 11.8. The van der Waals surface area contributed by atoms with Gasteiger partial charge in [-0.2, -0.15) is 0 Å². The molecule has 3 heteroatoms. The predicted molar refractivity (Wildman–Crippen MR) is 110 cm³/mol. The Morgan fingerprint density at radius 3 is 2.19 bits per heavy atom. The van der Waals surface area contributed by atoms with Crippen LogP contribution >= 0.6 is 7.92 Å². The van der Waals surface area contributed by atoms with Crippen molar-refractivity contribution in [1.29, 1.82) is 0 Å². The van der Waals surface area contributed by atoms with Crippen molar-refractivity contribution in [2.75, 3.05) is 6.61 Å². The molecule has 1 aliphatic carbocycles. The van der Waals surface area contributed by atoms with Gasteiger partial charge >= 0.3 is 5.97 Å². The molecule has 0 aliphatic heterocycles. The van der Waals surface area contributed by atoms with Gasteiger partial charge in [-0.05, 0) is 31.0 Å². The van der Waals surface area contributed by atoms with E-state index in [0.29, 0.717) is 13.0 Å². The summed E-state index contributed by atoms with van der Waals surface area (Å²) >= 11 is 0. The van der Waals surface area contributed by atoms with Crippen LogP contribution in [0, 0.1) is 0 Å². The van der Waals surface area contributed by atoms with Crippen molar-refractivity contribution in [1.82, 2.24) is 0 Å². The Kier molecular flexibility index (Phi) is 6.57. The number of esters is 1. The first-order chi connectivity index (χ1) is 12.8. The summed E-state index contributed by atoms with van der Waals surface area (Å²) in [5.74, 6) is -0.176. The molecule has 0 aromatic heterocycles. The van der Waals surface area contributed by atoms with E-state index in [9.17, 15) is 4.79 Å². The van der Waals surface area contributed by atoms with Crippen LogP contribution < -0.4 is 10.6 Å². The normalized spacial score (nSPS) is 17.6. The molecular weight excluding hydrogens is 339 g/mol. The minimum atomic E-state index is -0.606. The summed E-state index contributed by atoms with van der Waals surface area (Å²) in [7, 11) is -0.606. The summed E-state index contributed by atoms with van der Waals surface area (Å²) in [6.07, 6.45) is 10.8. The second-order valence-electron chi connectivity index (χ2n) is 5.94. The van der Waals surface area contributed by atoms with E-state index in [0.717, 1.165) is 0 Å². The standard InChI is InChI=1S/C23H23O2P/c1-2-25-23(24)18-17-19-11-9-10-16-22(19)26(20-12-5-3-6-13-20)21-14-7-4-8-15-21/h3-17,22H,2,18H2,1H3. The van der Waals surface area contributed by atoms with Crippen molar-refractivity contribution >= 4 is 24.5 Å². The van der Waals surface area contributed by atoms with E-state index in [2.05, 4.69) is 78.9 Å². The van der Waals surface area contributed by atoms with Crippen LogP contribution in [0.3, 0.4) is 0 Å². The highest BCUT2D eigenvalue weighted by Crippen LogP contribution is 2.45. The molecule has 1 atom stereocenters. The van der Waals surface area contributed by atoms with Crippen LogP contribution in [0.2, 0.25) is 0 Å². The van der Waals surface area contributed by atoms with Crippen LogP contribution in [0.25, 0.3) is 0 Å². The fourth-order valence-electron chi connectivity index (χ4n) is 3.04. The second kappa shape index (κ2) is 9.31. The maximum absolute atomic E-state index is 11.8. The molecule has 132 valence electrons. The number of benzene rings is 2. The third-order valence-corrected chi connectivity index (χ3v) is 6.93. The zero-order valence-corrected chi connectivity index (χ0v) is 15.8. The Morgan fingerprint density at radius 2 is 1.62 bits per heavy atom. The van der Waals surface area contributed by atoms with E-state index in [-0.39, 0.29) is 11.6 Å². The number of allylic oxidation sites excluding steroid dienone is 5. The molecule has 2 nitrogen and oxygen atoms in total. The minimum absolute atomic E-state index is 0.176. The minimum Gasteiger partial charge on any atom is -0.466 e. The van der Waals surface area contributed by atoms with Crippen molar-refractivity contribution in [2.45, 2.75) is 19.0 Å². The Balaban J connectivity index is 1.96. The van der Waals surface area contributed by atoms with Crippen LogP contribution in [-0.4, -0.2) is 18.2 Å². The summed E-state index contributed by atoms with van der Waals surface area (Å²) < 4.78 is 5.08. The molecule has 0 heterocycles. The van der Waals surface area contributed by atoms with Crippen molar-refractivity contribution in [3.05, 3.63) is 96.6 Å². The van der Waals surface area contributed by atoms with Crippen molar-refractivity contribution in [3.8, 4) is 0 Å². The Hall–Kier alpha value is -2.44. The Morgan fingerprint density at radius 1 is 1.00 bits per heavy atom. The van der Waals surface area contributed by atoms with Gasteiger partial charge in [-0.3, -0.25) is 4.79 Å². The monoisotopic (exact) mass is 362 g/mol. The average molecular weight is 362 g/mol. The highest BCUT2D eigenvalue weighted by Gasteiger charge is 2.25. The molecular formula is C23H23O2P. The number of rotatable bonds is 6. The topological polar surface area (TPSA) is 26.3 Å². The molecule has 26 heavy (non-hydrogen) atoms. The van der Waals surface area contributed by atoms with Gasteiger partial charge in [-0.15, -0.1) is 0 Å². The molecule has 1 unspecified atom stereocenters. The van der Waals surface area contributed by atoms with E-state index in [1.807, 2.05) is 19.1 Å². The van der Waals surface area contributed by atoms with Gasteiger partial charge in [0, 0.05) is 5.66 Å². The van der Waals surface area contributed by atoms with E-state index in [1.54, 1.807) is 0 Å². The molecule has 0 bridgehead atoms. The van der Waals surface area contributed by atoms with E-state index in [1.165, 1.54) is 16.2 Å². The molecule has 0 amide bonds. The molecule has 3 rings (SSSR count). The third kappa shape index (κ3) is 4.59. The van der Waals surface area contributed by atoms with Gasteiger partial charge in [0.25, 0.3) is 0 Å². The highest BCUT2D eigenvalue weighted by atomic mass is 31.1. The van der Waals surface area contributed by atoms with Gasteiger partial charge in [0.1, 0.15) is 0 Å². The van der Waals surface area contributed by atoms with Gasteiger partial charge in [0.05, 0.1) is 13.0 Å². The molecule has 0 spiro atoms. The number of ether oxygens (including phenoxy) is 1. The molecule has 0 fully saturated rings. The first kappa shape index (κ1) is 18.4. The lowest BCUT2D eigenvalue weighted by molar-refractivity contribution is -0.142. The molecule has 0 radical (unpaired) electrons. The lowest BCUT2D eigenvalue weighted by Gasteiger charge is -2.29. The van der Waals surface area contributed by atoms with Crippen LogP contribution in [0.5, 0.6) is 0 Å². The number of hydrogen-bond donors (Lipinski definition) is 0. The lowest BCUT2D eigenvalue weighted by atomic mass is 10.1. The molecule has 0 saturated carbocycles. The van der Waals surface area contributed by atoms with E-state index in [4.69, 9.17) is 4.74 Å². The Labute approximate surface area is 156 Å². The van der Waals surface area contributed by atoms with Crippen molar-refractivity contribution < 1.29 is 9.53 Å². The van der Waals surface area contributed by atoms with Gasteiger partial charge < -0.3 is 4.74 Å². The van der Waals surface area contributed by atoms with E-state index < -0.39 is 7.92 Å². The fraction of sp³-hybridized carbons (Fsp3) is 0.174. The van der Waals surface area contributed by atoms with Gasteiger partial charge in [-0.1, -0.05) is 91.0 Å². The van der Waals surface area contributed by atoms with Crippen LogP contribution in [0.1, 0.15) is 13.3 Å². The summed E-state index contributed by atoms with van der Waals surface area (Å²) in [5.41, 5.74) is 1.42. The van der Waals surface area contributed by atoms with Crippen LogP contribution in [0.15, 0.2) is 96.6 Å². The van der Waals surface area contributed by atoms with Crippen LogP contribution in [-0.2, 0) is 9.53 Å². The largest absolute Gasteiger partial charge is 0.466 e. The molecule has 2 aromatic carbocycles. The van der Waals surface area contributed by atoms with Crippen LogP contribution in [0.4, 0.5) is 0 Å². The Bertz CT molecular complexity index is 767. The third-order valence-electron chi connectivity index (χ3n) is 4.19. The quantitative estimate of drug-likeness (QED) is 0.559. The summed E-state index contributed by atoms with van der Waals surface area (Å²) in [6, 6.07) is 21.3. The zero-order valence-electron chi connectivity index (χ0n) is 14.9. The number of carbonyl (C=O) groups excluding carboxylic acids is 1. The van der Waals surface area contributed by atoms with Gasteiger partial charge in [0.15, 0.2) is 0 Å². The fourth-order valence-corrected chi connectivity index (χ4v) is 5.73.